The van der Waals surface area contributed by atoms with Crippen molar-refractivity contribution < 1.29 is 4.39 Å². The lowest BCUT2D eigenvalue weighted by atomic mass is 9.90. The lowest BCUT2D eigenvalue weighted by molar-refractivity contribution is 0.445. The van der Waals surface area contributed by atoms with Crippen molar-refractivity contribution >= 4 is 45.6 Å². The van der Waals surface area contributed by atoms with E-state index in [-0.39, 0.29) is 23.2 Å². The van der Waals surface area contributed by atoms with Crippen molar-refractivity contribution in [3.63, 3.8) is 0 Å². The highest BCUT2D eigenvalue weighted by molar-refractivity contribution is 6.34. The monoisotopic (exact) mass is 572 g/mol. The molecule has 7 nitrogen and oxygen atoms in total. The third kappa shape index (κ3) is 5.80. The first-order valence-corrected chi connectivity index (χ1v) is 14.3. The van der Waals surface area contributed by atoms with Crippen LogP contribution in [0.5, 0.6) is 0 Å². The summed E-state index contributed by atoms with van der Waals surface area (Å²) in [5.41, 5.74) is 5.51. The molecule has 0 radical (unpaired) electrons. The van der Waals surface area contributed by atoms with Gasteiger partial charge >= 0.3 is 0 Å². The van der Waals surface area contributed by atoms with Crippen LogP contribution < -0.4 is 16.2 Å². The maximum absolute atomic E-state index is 15.0. The van der Waals surface area contributed by atoms with Crippen molar-refractivity contribution in [1.29, 1.82) is 0 Å². The number of piperidine rings is 1. The van der Waals surface area contributed by atoms with Crippen LogP contribution in [0.15, 0.2) is 64.5 Å². The van der Waals surface area contributed by atoms with Crippen LogP contribution in [0, 0.1) is 5.82 Å². The Balaban J connectivity index is 1.47. The Hall–Kier alpha value is -3.88. The molecule has 0 aliphatic carbocycles. The SMILES string of the molecule is C/C=C(\C(C)=NC)c1ccc(-c2cc3cnc(Nc4ccc(C5CCNCC5)c(F)c4)nc3n(CC)c2=O)c(Cl)c1. The lowest BCUT2D eigenvalue weighted by Gasteiger charge is -2.23. The zero-order valence-corrected chi connectivity index (χ0v) is 24.5. The van der Waals surface area contributed by atoms with E-state index in [9.17, 15) is 9.18 Å². The van der Waals surface area contributed by atoms with E-state index in [1.54, 1.807) is 23.9 Å². The molecule has 3 heterocycles. The largest absolute Gasteiger partial charge is 0.324 e. The number of benzene rings is 2. The average Bonchev–Trinajstić information content (AvgIpc) is 2.98. The summed E-state index contributed by atoms with van der Waals surface area (Å²) >= 11 is 6.73. The van der Waals surface area contributed by atoms with Gasteiger partial charge in [0.25, 0.3) is 5.56 Å². The van der Waals surface area contributed by atoms with E-state index in [4.69, 9.17) is 11.6 Å². The Kier molecular flexibility index (Phi) is 8.61. The maximum Gasteiger partial charge on any atom is 0.260 e. The van der Waals surface area contributed by atoms with Gasteiger partial charge in [-0.3, -0.25) is 14.4 Å². The van der Waals surface area contributed by atoms with Crippen molar-refractivity contribution in [2.24, 2.45) is 4.99 Å². The van der Waals surface area contributed by atoms with E-state index < -0.39 is 0 Å². The van der Waals surface area contributed by atoms with Crippen LogP contribution in [0.3, 0.4) is 0 Å². The summed E-state index contributed by atoms with van der Waals surface area (Å²) in [5, 5.41) is 7.59. The standard InChI is InChI=1S/C32H34ClFN6O/c1-5-24(19(3)35-4)21-7-9-26(28(33)16-21)27-15-22-18-37-32(39-30(22)40(6-2)31(27)41)38-23-8-10-25(29(34)17-23)20-11-13-36-14-12-20/h5,7-10,15-18,20,36H,6,11-14H2,1-4H3,(H,37,38,39)/b24-5+,35-19?. The maximum atomic E-state index is 15.0. The molecule has 0 saturated carbocycles. The second kappa shape index (κ2) is 12.3. The van der Waals surface area contributed by atoms with Gasteiger partial charge < -0.3 is 10.6 Å². The smallest absolute Gasteiger partial charge is 0.260 e. The fourth-order valence-corrected chi connectivity index (χ4v) is 5.79. The number of anilines is 2. The zero-order valence-electron chi connectivity index (χ0n) is 23.8. The van der Waals surface area contributed by atoms with Crippen LogP contribution >= 0.6 is 11.6 Å². The Bertz CT molecular complexity index is 1720. The number of allylic oxidation sites excluding steroid dienone is 2. The highest BCUT2D eigenvalue weighted by Crippen LogP contribution is 2.32. The first-order valence-electron chi connectivity index (χ1n) is 13.9. The minimum atomic E-state index is -0.237. The van der Waals surface area contributed by atoms with Crippen LogP contribution in [0.1, 0.15) is 50.7 Å². The van der Waals surface area contributed by atoms with Crippen LogP contribution in [0.4, 0.5) is 16.0 Å². The summed E-state index contributed by atoms with van der Waals surface area (Å²) in [6.07, 6.45) is 5.51. The molecule has 9 heteroatoms. The third-order valence-electron chi connectivity index (χ3n) is 7.76. The number of nitrogens with one attached hydrogen (secondary N) is 2. The molecule has 0 bridgehead atoms. The molecule has 5 rings (SSSR count). The van der Waals surface area contributed by atoms with Gasteiger partial charge in [-0.15, -0.1) is 0 Å². The van der Waals surface area contributed by atoms with Gasteiger partial charge in [0.2, 0.25) is 5.95 Å². The van der Waals surface area contributed by atoms with Crippen LogP contribution in [-0.2, 0) is 6.54 Å². The van der Waals surface area contributed by atoms with E-state index in [2.05, 4.69) is 25.6 Å². The molecule has 2 aromatic carbocycles. The minimum absolute atomic E-state index is 0.200. The quantitative estimate of drug-likeness (QED) is 0.233. The van der Waals surface area contributed by atoms with Gasteiger partial charge in [-0.25, -0.2) is 9.37 Å². The van der Waals surface area contributed by atoms with E-state index >= 15 is 0 Å². The van der Waals surface area contributed by atoms with Crippen LogP contribution in [0.2, 0.25) is 5.02 Å². The molecule has 212 valence electrons. The number of aryl methyl sites for hydroxylation is 1. The highest BCUT2D eigenvalue weighted by atomic mass is 35.5. The van der Waals surface area contributed by atoms with Gasteiger partial charge in [-0.05, 0) is 93.6 Å². The van der Waals surface area contributed by atoms with E-state index in [0.29, 0.717) is 39.4 Å². The first kappa shape index (κ1) is 28.6. The molecule has 0 spiro atoms. The lowest BCUT2D eigenvalue weighted by Crippen LogP contribution is -2.27. The van der Waals surface area contributed by atoms with Gasteiger partial charge in [0.15, 0.2) is 0 Å². The number of pyridine rings is 1. The number of aliphatic imine (C=N–C) groups is 1. The molecular weight excluding hydrogens is 539 g/mol. The number of rotatable bonds is 7. The number of nitrogens with zero attached hydrogens (tertiary/aromatic N) is 4. The molecule has 1 fully saturated rings. The van der Waals surface area contributed by atoms with E-state index in [0.717, 1.165) is 48.3 Å². The highest BCUT2D eigenvalue weighted by Gasteiger charge is 2.20. The van der Waals surface area contributed by atoms with Crippen molar-refractivity contribution in [1.82, 2.24) is 19.9 Å². The second-order valence-corrected chi connectivity index (χ2v) is 10.6. The minimum Gasteiger partial charge on any atom is -0.324 e. The fraction of sp³-hybridized carbons (Fsp3) is 0.312. The van der Waals surface area contributed by atoms with Crippen molar-refractivity contribution in [2.45, 2.75) is 46.1 Å². The van der Waals surface area contributed by atoms with Gasteiger partial charge in [-0.2, -0.15) is 4.98 Å². The molecule has 1 aliphatic rings. The molecule has 0 unspecified atom stereocenters. The Morgan fingerprint density at radius 3 is 2.63 bits per heavy atom. The second-order valence-electron chi connectivity index (χ2n) is 10.2. The Labute approximate surface area is 244 Å². The summed E-state index contributed by atoms with van der Waals surface area (Å²) in [6, 6.07) is 12.6. The number of hydrogen-bond acceptors (Lipinski definition) is 6. The van der Waals surface area contributed by atoms with Crippen LogP contribution in [0.25, 0.3) is 27.7 Å². The molecule has 0 atom stereocenters. The Morgan fingerprint density at radius 2 is 1.98 bits per heavy atom. The van der Waals surface area contributed by atoms with Crippen molar-refractivity contribution in [3.05, 3.63) is 87.1 Å². The van der Waals surface area contributed by atoms with Gasteiger partial charge in [-0.1, -0.05) is 35.9 Å². The van der Waals surface area contributed by atoms with Crippen molar-refractivity contribution in [2.75, 3.05) is 25.5 Å². The predicted molar refractivity (Wildman–Crippen MR) is 167 cm³/mol. The number of fused-ring (bicyclic) bond motifs is 1. The summed E-state index contributed by atoms with van der Waals surface area (Å²) in [5.74, 6) is 0.272. The number of halogens is 2. The summed E-state index contributed by atoms with van der Waals surface area (Å²) < 4.78 is 16.6. The molecular formula is C32H34ClFN6O. The molecule has 1 aliphatic heterocycles. The van der Waals surface area contributed by atoms with E-state index in [1.165, 1.54) is 6.07 Å². The molecule has 41 heavy (non-hydrogen) atoms. The summed E-state index contributed by atoms with van der Waals surface area (Å²) in [4.78, 5) is 27.0. The zero-order chi connectivity index (χ0) is 29.1. The van der Waals surface area contributed by atoms with E-state index in [1.807, 2.05) is 57.2 Å². The number of aromatic nitrogens is 3. The van der Waals surface area contributed by atoms with Crippen LogP contribution in [-0.4, -0.2) is 40.4 Å². The molecule has 2 aromatic heterocycles. The normalized spacial score (nSPS) is 15.0. The number of hydrogen-bond donors (Lipinski definition) is 2. The predicted octanol–water partition coefficient (Wildman–Crippen LogP) is 6.98. The average molecular weight is 573 g/mol. The summed E-state index contributed by atoms with van der Waals surface area (Å²) in [7, 11) is 1.75. The van der Waals surface area contributed by atoms with Gasteiger partial charge in [0, 0.05) is 52.7 Å². The molecule has 0 amide bonds. The summed E-state index contributed by atoms with van der Waals surface area (Å²) in [6.45, 7) is 8.01. The fourth-order valence-electron chi connectivity index (χ4n) is 5.51. The first-order chi connectivity index (χ1) is 19.8. The molecule has 1 saturated heterocycles. The van der Waals surface area contributed by atoms with Gasteiger partial charge in [0.05, 0.1) is 0 Å². The van der Waals surface area contributed by atoms with Crippen molar-refractivity contribution in [3.8, 4) is 11.1 Å². The molecule has 2 N–H and O–H groups in total. The van der Waals surface area contributed by atoms with Gasteiger partial charge in [0.1, 0.15) is 11.5 Å². The Morgan fingerprint density at radius 1 is 1.20 bits per heavy atom. The third-order valence-corrected chi connectivity index (χ3v) is 8.08. The molecule has 4 aromatic rings. The topological polar surface area (TPSA) is 84.2 Å².